The van der Waals surface area contributed by atoms with Crippen LogP contribution in [-0.2, 0) is 4.74 Å². The zero-order chi connectivity index (χ0) is 13.2. The summed E-state index contributed by atoms with van der Waals surface area (Å²) in [7, 11) is 0. The smallest absolute Gasteiger partial charge is 0.0898 e. The first-order valence-corrected chi connectivity index (χ1v) is 7.17. The van der Waals surface area contributed by atoms with E-state index in [1.54, 1.807) is 0 Å². The number of rotatable bonds is 7. The van der Waals surface area contributed by atoms with Crippen LogP contribution in [0.5, 0.6) is 0 Å². The van der Waals surface area contributed by atoms with Crippen molar-refractivity contribution in [2.45, 2.75) is 58.2 Å². The largest absolute Gasteiger partial charge is 0.389 e. The average Bonchev–Trinajstić information content (AvgIpc) is 2.41. The summed E-state index contributed by atoms with van der Waals surface area (Å²) in [5.74, 6) is 6.41. The van der Waals surface area contributed by atoms with Gasteiger partial charge in [0.05, 0.1) is 25.4 Å². The quantitative estimate of drug-likeness (QED) is 0.538. The molecule has 104 valence electrons. The first kappa shape index (κ1) is 15.5. The second-order valence-corrected chi connectivity index (χ2v) is 5.04. The van der Waals surface area contributed by atoms with Crippen LogP contribution in [0.2, 0.25) is 0 Å². The lowest BCUT2D eigenvalue weighted by Crippen LogP contribution is -2.35. The van der Waals surface area contributed by atoms with Gasteiger partial charge >= 0.3 is 0 Å². The summed E-state index contributed by atoms with van der Waals surface area (Å²) in [5, 5.41) is 12.9. The van der Waals surface area contributed by atoms with Crippen LogP contribution >= 0.6 is 0 Å². The summed E-state index contributed by atoms with van der Waals surface area (Å²) < 4.78 is 5.88. The Bertz CT molecular complexity index is 269. The molecule has 18 heavy (non-hydrogen) atoms. The van der Waals surface area contributed by atoms with Gasteiger partial charge in [0.1, 0.15) is 0 Å². The molecule has 0 amide bonds. The minimum absolute atomic E-state index is 0.355. The fourth-order valence-corrected chi connectivity index (χ4v) is 2.54. The van der Waals surface area contributed by atoms with Gasteiger partial charge in [0.25, 0.3) is 0 Å². The third-order valence-corrected chi connectivity index (χ3v) is 3.64. The van der Waals surface area contributed by atoms with E-state index in [0.29, 0.717) is 31.7 Å². The molecular formula is C15H27NO2. The number of hydrogen-bond acceptors (Lipinski definition) is 3. The van der Waals surface area contributed by atoms with Gasteiger partial charge in [-0.3, -0.25) is 0 Å². The van der Waals surface area contributed by atoms with Gasteiger partial charge in [-0.15, -0.1) is 5.92 Å². The molecule has 3 heteroatoms. The molecule has 1 aliphatic carbocycles. The molecule has 0 radical (unpaired) electrons. The fraction of sp³-hybridized carbons (Fsp3) is 0.867. The molecule has 0 spiro atoms. The third-order valence-electron chi connectivity index (χ3n) is 3.64. The maximum atomic E-state index is 9.80. The van der Waals surface area contributed by atoms with Crippen molar-refractivity contribution in [1.82, 2.24) is 5.32 Å². The molecule has 3 nitrogen and oxygen atoms in total. The minimum Gasteiger partial charge on any atom is -0.389 e. The molecule has 2 N–H and O–H groups in total. The molecule has 0 aliphatic heterocycles. The predicted octanol–water partition coefficient (Wildman–Crippen LogP) is 1.95. The van der Waals surface area contributed by atoms with Crippen molar-refractivity contribution >= 4 is 0 Å². The summed E-state index contributed by atoms with van der Waals surface area (Å²) in [6, 6.07) is 0. The van der Waals surface area contributed by atoms with Crippen LogP contribution in [0.25, 0.3) is 0 Å². The van der Waals surface area contributed by atoms with Gasteiger partial charge in [0, 0.05) is 6.54 Å². The number of aliphatic hydroxyl groups is 1. The molecule has 3 atom stereocenters. The second kappa shape index (κ2) is 9.38. The number of aliphatic hydroxyl groups excluding tert-OH is 1. The van der Waals surface area contributed by atoms with Crippen molar-refractivity contribution in [3.63, 3.8) is 0 Å². The van der Waals surface area contributed by atoms with E-state index in [4.69, 9.17) is 4.74 Å². The van der Waals surface area contributed by atoms with Crippen molar-refractivity contribution in [2.75, 3.05) is 19.7 Å². The Labute approximate surface area is 111 Å². The van der Waals surface area contributed by atoms with Crippen LogP contribution in [0, 0.1) is 17.8 Å². The van der Waals surface area contributed by atoms with Crippen LogP contribution in [0.3, 0.4) is 0 Å². The maximum Gasteiger partial charge on any atom is 0.0898 e. The van der Waals surface area contributed by atoms with Gasteiger partial charge in [-0.05, 0) is 25.7 Å². The van der Waals surface area contributed by atoms with E-state index >= 15 is 0 Å². The predicted molar refractivity (Wildman–Crippen MR) is 74.3 cm³/mol. The van der Waals surface area contributed by atoms with Crippen LogP contribution < -0.4 is 5.32 Å². The lowest BCUT2D eigenvalue weighted by atomic mass is 9.85. The van der Waals surface area contributed by atoms with Gasteiger partial charge in [0.2, 0.25) is 0 Å². The molecule has 0 aromatic rings. The van der Waals surface area contributed by atoms with Crippen LogP contribution in [0.1, 0.15) is 46.0 Å². The molecule has 0 bridgehead atoms. The van der Waals surface area contributed by atoms with Gasteiger partial charge in [-0.25, -0.2) is 0 Å². The maximum absolute atomic E-state index is 9.80. The Hall–Kier alpha value is -0.560. The summed E-state index contributed by atoms with van der Waals surface area (Å²) in [6.07, 6.45) is 6.14. The molecule has 1 aliphatic rings. The first-order chi connectivity index (χ1) is 8.77. The second-order valence-electron chi connectivity index (χ2n) is 5.04. The van der Waals surface area contributed by atoms with Crippen LogP contribution in [0.4, 0.5) is 0 Å². The Kier molecular flexibility index (Phi) is 8.08. The highest BCUT2D eigenvalue weighted by molar-refractivity contribution is 4.97. The van der Waals surface area contributed by atoms with E-state index in [2.05, 4.69) is 24.1 Å². The van der Waals surface area contributed by atoms with Gasteiger partial charge in [-0.2, -0.15) is 0 Å². The highest BCUT2D eigenvalue weighted by Gasteiger charge is 2.24. The minimum atomic E-state index is -0.428. The molecular weight excluding hydrogens is 226 g/mol. The van der Waals surface area contributed by atoms with E-state index in [1.165, 1.54) is 25.7 Å². The summed E-state index contributed by atoms with van der Waals surface area (Å²) >= 11 is 0. The molecule has 0 aromatic carbocycles. The molecule has 1 rings (SSSR count). The van der Waals surface area contributed by atoms with E-state index < -0.39 is 6.10 Å². The number of ether oxygens (including phenoxy) is 1. The van der Waals surface area contributed by atoms with Crippen molar-refractivity contribution in [2.24, 2.45) is 5.92 Å². The van der Waals surface area contributed by atoms with Crippen molar-refractivity contribution in [3.8, 4) is 11.8 Å². The average molecular weight is 253 g/mol. The Balaban J connectivity index is 2.15. The monoisotopic (exact) mass is 253 g/mol. The highest BCUT2D eigenvalue weighted by atomic mass is 16.5. The summed E-state index contributed by atoms with van der Waals surface area (Å²) in [6.45, 7) is 5.67. The van der Waals surface area contributed by atoms with E-state index in [0.717, 1.165) is 6.42 Å². The Morgan fingerprint density at radius 3 is 2.89 bits per heavy atom. The standard InChI is InChI=1S/C15H27NO2/c1-3-5-10-16-11-14(17)12-18-15-9-7-6-8-13(15)4-2/h13-17H,4,6-12H2,1-2H3. The van der Waals surface area contributed by atoms with Crippen molar-refractivity contribution in [3.05, 3.63) is 0 Å². The van der Waals surface area contributed by atoms with E-state index in [1.807, 2.05) is 6.92 Å². The molecule has 0 heterocycles. The molecule has 1 fully saturated rings. The Morgan fingerprint density at radius 2 is 2.17 bits per heavy atom. The van der Waals surface area contributed by atoms with Gasteiger partial charge in [-0.1, -0.05) is 32.1 Å². The highest BCUT2D eigenvalue weighted by Crippen LogP contribution is 2.29. The fourth-order valence-electron chi connectivity index (χ4n) is 2.54. The Morgan fingerprint density at radius 1 is 1.39 bits per heavy atom. The summed E-state index contributed by atoms with van der Waals surface area (Å²) in [5.41, 5.74) is 0. The number of nitrogens with one attached hydrogen (secondary N) is 1. The molecule has 0 aromatic heterocycles. The molecule has 3 unspecified atom stereocenters. The van der Waals surface area contributed by atoms with Gasteiger partial charge < -0.3 is 15.2 Å². The van der Waals surface area contributed by atoms with Crippen molar-refractivity contribution < 1.29 is 9.84 Å². The lowest BCUT2D eigenvalue weighted by Gasteiger charge is -2.31. The first-order valence-electron chi connectivity index (χ1n) is 7.17. The molecule has 0 saturated heterocycles. The lowest BCUT2D eigenvalue weighted by molar-refractivity contribution is -0.0497. The van der Waals surface area contributed by atoms with Crippen LogP contribution in [-0.4, -0.2) is 37.0 Å². The van der Waals surface area contributed by atoms with Crippen molar-refractivity contribution in [1.29, 1.82) is 0 Å². The summed E-state index contributed by atoms with van der Waals surface area (Å²) in [4.78, 5) is 0. The van der Waals surface area contributed by atoms with Gasteiger partial charge in [0.15, 0.2) is 0 Å². The SMILES string of the molecule is CC#CCNCC(O)COC1CCCCC1CC. The van der Waals surface area contributed by atoms with E-state index in [-0.39, 0.29) is 0 Å². The van der Waals surface area contributed by atoms with Crippen LogP contribution in [0.15, 0.2) is 0 Å². The zero-order valence-electron chi connectivity index (χ0n) is 11.7. The number of hydrogen-bond donors (Lipinski definition) is 2. The van der Waals surface area contributed by atoms with E-state index in [9.17, 15) is 5.11 Å². The normalized spacial score (nSPS) is 25.3. The molecule has 1 saturated carbocycles. The third kappa shape index (κ3) is 5.86. The topological polar surface area (TPSA) is 41.5 Å². The zero-order valence-corrected chi connectivity index (χ0v) is 11.7.